The molecule has 1 unspecified atom stereocenters. The van der Waals surface area contributed by atoms with E-state index in [1.165, 1.54) is 0 Å². The van der Waals surface area contributed by atoms with Crippen LogP contribution in [0.5, 0.6) is 5.75 Å². The Morgan fingerprint density at radius 1 is 1.42 bits per heavy atom. The van der Waals surface area contributed by atoms with E-state index in [9.17, 15) is 4.79 Å². The number of β-amino-alcohol motifs (C(OH)–C–C–N with tert-alkyl or cyclic N) is 1. The molecule has 1 saturated heterocycles. The summed E-state index contributed by atoms with van der Waals surface area (Å²) in [6.45, 7) is 4.91. The van der Waals surface area contributed by atoms with E-state index in [1.807, 2.05) is 38.1 Å². The summed E-state index contributed by atoms with van der Waals surface area (Å²) in [7, 11) is 0. The monoisotopic (exact) mass is 264 g/mol. The van der Waals surface area contributed by atoms with Crippen LogP contribution in [-0.2, 0) is 0 Å². The topological polar surface area (TPSA) is 61.8 Å². The van der Waals surface area contributed by atoms with E-state index in [1.54, 1.807) is 4.90 Å². The third-order valence-corrected chi connectivity index (χ3v) is 3.01. The summed E-state index contributed by atoms with van der Waals surface area (Å²) < 4.78 is 5.58. The van der Waals surface area contributed by atoms with Gasteiger partial charge in [0, 0.05) is 13.1 Å². The smallest absolute Gasteiger partial charge is 0.318 e. The Bertz CT molecular complexity index is 431. The summed E-state index contributed by atoms with van der Waals surface area (Å²) in [6, 6.07) is 7.61. The van der Waals surface area contributed by atoms with Crippen LogP contribution < -0.4 is 10.1 Å². The lowest BCUT2D eigenvalue weighted by atomic mass is 10.1. The van der Waals surface area contributed by atoms with E-state index >= 15 is 0 Å². The zero-order valence-corrected chi connectivity index (χ0v) is 11.3. The molecule has 1 heterocycles. The van der Waals surface area contributed by atoms with Gasteiger partial charge in [-0.25, -0.2) is 4.79 Å². The predicted octanol–water partition coefficient (Wildman–Crippen LogP) is 1.53. The molecule has 1 atom stereocenters. The quantitative estimate of drug-likeness (QED) is 0.848. The first-order valence-corrected chi connectivity index (χ1v) is 6.53. The van der Waals surface area contributed by atoms with Gasteiger partial charge >= 0.3 is 6.03 Å². The van der Waals surface area contributed by atoms with Crippen molar-refractivity contribution in [2.75, 3.05) is 19.7 Å². The maximum atomic E-state index is 11.6. The fourth-order valence-corrected chi connectivity index (χ4v) is 2.14. The minimum absolute atomic E-state index is 0.0126. The molecular weight excluding hydrogens is 244 g/mol. The molecule has 1 aliphatic rings. The Hall–Kier alpha value is -1.75. The Labute approximate surface area is 113 Å². The zero-order valence-electron chi connectivity index (χ0n) is 11.3. The summed E-state index contributed by atoms with van der Waals surface area (Å²) in [4.78, 5) is 13.3. The van der Waals surface area contributed by atoms with Gasteiger partial charge in [-0.2, -0.15) is 0 Å². The van der Waals surface area contributed by atoms with E-state index in [-0.39, 0.29) is 24.8 Å². The number of amides is 2. The summed E-state index contributed by atoms with van der Waals surface area (Å²) in [5.74, 6) is 0.829. The number of hydrogen-bond acceptors (Lipinski definition) is 3. The number of aliphatic hydroxyl groups is 1. The van der Waals surface area contributed by atoms with Crippen LogP contribution in [0.4, 0.5) is 4.79 Å². The molecule has 1 aromatic carbocycles. The van der Waals surface area contributed by atoms with E-state index in [2.05, 4.69) is 5.32 Å². The maximum Gasteiger partial charge on any atom is 0.318 e. The summed E-state index contributed by atoms with van der Waals surface area (Å²) >= 11 is 0. The van der Waals surface area contributed by atoms with Gasteiger partial charge < -0.3 is 20.1 Å². The number of ether oxygens (including phenoxy) is 1. The number of rotatable bonds is 5. The van der Waals surface area contributed by atoms with Crippen LogP contribution in [0.1, 0.15) is 25.5 Å². The van der Waals surface area contributed by atoms with Gasteiger partial charge in [-0.15, -0.1) is 0 Å². The fraction of sp³-hybridized carbons (Fsp3) is 0.500. The van der Waals surface area contributed by atoms with Crippen LogP contribution in [-0.4, -0.2) is 41.8 Å². The molecule has 0 bridgehead atoms. The van der Waals surface area contributed by atoms with Crippen molar-refractivity contribution in [1.29, 1.82) is 0 Å². The highest BCUT2D eigenvalue weighted by Gasteiger charge is 2.28. The molecule has 0 spiro atoms. The average Bonchev–Trinajstić information content (AvgIpc) is 2.72. The number of benzene rings is 1. The largest absolute Gasteiger partial charge is 0.491 e. The Kier molecular flexibility index (Phi) is 4.27. The second-order valence-corrected chi connectivity index (χ2v) is 4.91. The van der Waals surface area contributed by atoms with Gasteiger partial charge in [0.05, 0.1) is 18.8 Å². The van der Waals surface area contributed by atoms with Crippen molar-refractivity contribution >= 4 is 6.03 Å². The summed E-state index contributed by atoms with van der Waals surface area (Å²) in [6.07, 6.45) is 0.150. The number of nitrogens with zero attached hydrogens (tertiary/aromatic N) is 1. The van der Waals surface area contributed by atoms with Crippen molar-refractivity contribution in [3.63, 3.8) is 0 Å². The molecule has 1 aliphatic heterocycles. The van der Waals surface area contributed by atoms with E-state index in [0.717, 1.165) is 11.3 Å². The van der Waals surface area contributed by atoms with Crippen molar-refractivity contribution in [1.82, 2.24) is 10.2 Å². The highest BCUT2D eigenvalue weighted by molar-refractivity contribution is 5.77. The van der Waals surface area contributed by atoms with Crippen molar-refractivity contribution < 1.29 is 14.6 Å². The lowest BCUT2D eigenvalue weighted by Gasteiger charge is -2.14. The normalized spacial score (nSPS) is 18.8. The van der Waals surface area contributed by atoms with Gasteiger partial charge in [-0.05, 0) is 31.5 Å². The highest BCUT2D eigenvalue weighted by atomic mass is 16.5. The predicted molar refractivity (Wildman–Crippen MR) is 72.1 cm³/mol. The molecule has 5 nitrogen and oxygen atoms in total. The minimum atomic E-state index is -0.124. The second kappa shape index (κ2) is 5.93. The molecule has 0 aliphatic carbocycles. The van der Waals surface area contributed by atoms with Crippen molar-refractivity contribution in [3.8, 4) is 5.75 Å². The van der Waals surface area contributed by atoms with Gasteiger partial charge in [0.2, 0.25) is 0 Å². The standard InChI is InChI=1S/C14H20N2O3/c1-10(2)19-12-5-3-11(4-6-12)13-9-16(7-8-17)14(18)15-13/h3-6,10,13,17H,7-9H2,1-2H3,(H,15,18). The molecule has 1 aromatic rings. The number of hydrogen-bond donors (Lipinski definition) is 2. The Morgan fingerprint density at radius 2 is 2.11 bits per heavy atom. The molecule has 0 radical (unpaired) electrons. The van der Waals surface area contributed by atoms with Crippen LogP contribution in [0.3, 0.4) is 0 Å². The molecule has 5 heteroatoms. The second-order valence-electron chi connectivity index (χ2n) is 4.91. The van der Waals surface area contributed by atoms with Gasteiger partial charge in [0.15, 0.2) is 0 Å². The molecule has 104 valence electrons. The number of urea groups is 1. The number of carbonyl (C=O) groups excluding carboxylic acids is 1. The van der Waals surface area contributed by atoms with Crippen molar-refractivity contribution in [3.05, 3.63) is 29.8 Å². The lowest BCUT2D eigenvalue weighted by Crippen LogP contribution is -2.30. The minimum Gasteiger partial charge on any atom is -0.491 e. The van der Waals surface area contributed by atoms with E-state index < -0.39 is 0 Å². The van der Waals surface area contributed by atoms with Gasteiger partial charge in [0.1, 0.15) is 5.75 Å². The summed E-state index contributed by atoms with van der Waals surface area (Å²) in [5, 5.41) is 11.8. The van der Waals surface area contributed by atoms with E-state index in [4.69, 9.17) is 9.84 Å². The fourth-order valence-electron chi connectivity index (χ4n) is 2.14. The number of carbonyl (C=O) groups is 1. The van der Waals surface area contributed by atoms with Gasteiger partial charge in [-0.1, -0.05) is 12.1 Å². The van der Waals surface area contributed by atoms with Crippen LogP contribution in [0.25, 0.3) is 0 Å². The molecule has 2 amide bonds. The molecule has 0 saturated carbocycles. The first kappa shape index (κ1) is 13.7. The average molecular weight is 264 g/mol. The first-order valence-electron chi connectivity index (χ1n) is 6.53. The first-order chi connectivity index (χ1) is 9.10. The van der Waals surface area contributed by atoms with Gasteiger partial charge in [0.25, 0.3) is 0 Å². The molecule has 19 heavy (non-hydrogen) atoms. The highest BCUT2D eigenvalue weighted by Crippen LogP contribution is 2.22. The van der Waals surface area contributed by atoms with Gasteiger partial charge in [-0.3, -0.25) is 0 Å². The third-order valence-electron chi connectivity index (χ3n) is 3.01. The maximum absolute atomic E-state index is 11.6. The SMILES string of the molecule is CC(C)Oc1ccc(C2CN(CCO)C(=O)N2)cc1. The zero-order chi connectivity index (χ0) is 13.8. The molecule has 2 N–H and O–H groups in total. The molecule has 1 fully saturated rings. The van der Waals surface area contributed by atoms with Crippen molar-refractivity contribution in [2.45, 2.75) is 26.0 Å². The Balaban J connectivity index is 2.01. The van der Waals surface area contributed by atoms with Crippen molar-refractivity contribution in [2.24, 2.45) is 0 Å². The van der Waals surface area contributed by atoms with Crippen LogP contribution >= 0.6 is 0 Å². The van der Waals surface area contributed by atoms with Crippen LogP contribution in [0.15, 0.2) is 24.3 Å². The van der Waals surface area contributed by atoms with E-state index in [0.29, 0.717) is 13.1 Å². The van der Waals surface area contributed by atoms with Crippen LogP contribution in [0.2, 0.25) is 0 Å². The third kappa shape index (κ3) is 3.38. The number of aliphatic hydroxyl groups excluding tert-OH is 1. The number of nitrogens with one attached hydrogen (secondary N) is 1. The molecular formula is C14H20N2O3. The molecule has 0 aromatic heterocycles. The summed E-state index contributed by atoms with van der Waals surface area (Å²) in [5.41, 5.74) is 1.05. The Morgan fingerprint density at radius 3 is 2.68 bits per heavy atom. The molecule has 2 rings (SSSR count). The lowest BCUT2D eigenvalue weighted by molar-refractivity contribution is 0.196. The van der Waals surface area contributed by atoms with Crippen LogP contribution in [0, 0.1) is 0 Å².